The molecule has 1 aromatic rings. The van der Waals surface area contributed by atoms with Gasteiger partial charge in [-0.15, -0.1) is 0 Å². The van der Waals surface area contributed by atoms with Crippen LogP contribution in [0.25, 0.3) is 0 Å². The SMILES string of the molecule is O=C(Nc1ccc(S(=O)(=O)Cl)c(Cl)c1)N1CCOCC1. The van der Waals surface area contributed by atoms with E-state index in [-0.39, 0.29) is 15.9 Å². The summed E-state index contributed by atoms with van der Waals surface area (Å²) in [6, 6.07) is 3.74. The summed E-state index contributed by atoms with van der Waals surface area (Å²) in [5.41, 5.74) is 0.399. The summed E-state index contributed by atoms with van der Waals surface area (Å²) in [5.74, 6) is 0. The van der Waals surface area contributed by atoms with Gasteiger partial charge in [-0.1, -0.05) is 11.6 Å². The van der Waals surface area contributed by atoms with E-state index in [0.717, 1.165) is 0 Å². The summed E-state index contributed by atoms with van der Waals surface area (Å²) in [4.78, 5) is 13.3. The molecule has 2 rings (SSSR count). The number of morpholine rings is 1. The number of urea groups is 1. The lowest BCUT2D eigenvalue weighted by molar-refractivity contribution is 0.0564. The lowest BCUT2D eigenvalue weighted by Crippen LogP contribution is -2.43. The van der Waals surface area contributed by atoms with Crippen molar-refractivity contribution in [2.75, 3.05) is 31.6 Å². The zero-order valence-electron chi connectivity index (χ0n) is 10.3. The number of rotatable bonds is 2. The maximum Gasteiger partial charge on any atom is 0.322 e. The van der Waals surface area contributed by atoms with Gasteiger partial charge in [-0.3, -0.25) is 0 Å². The van der Waals surface area contributed by atoms with Crippen LogP contribution in [0.5, 0.6) is 0 Å². The maximum atomic E-state index is 11.9. The molecule has 0 atom stereocenters. The number of nitrogens with zero attached hydrogens (tertiary/aromatic N) is 1. The second-order valence-corrected chi connectivity index (χ2v) is 7.05. The van der Waals surface area contributed by atoms with Gasteiger partial charge in [-0.05, 0) is 18.2 Å². The number of halogens is 2. The number of nitrogens with one attached hydrogen (secondary N) is 1. The van der Waals surface area contributed by atoms with Crippen LogP contribution in [-0.2, 0) is 13.8 Å². The average molecular weight is 339 g/mol. The predicted octanol–water partition coefficient (Wildman–Crippen LogP) is 2.13. The van der Waals surface area contributed by atoms with Gasteiger partial charge in [0, 0.05) is 29.5 Å². The average Bonchev–Trinajstić information content (AvgIpc) is 2.38. The minimum Gasteiger partial charge on any atom is -0.378 e. The van der Waals surface area contributed by atoms with Crippen LogP contribution in [-0.4, -0.2) is 45.7 Å². The highest BCUT2D eigenvalue weighted by Gasteiger charge is 2.18. The number of hydrogen-bond donors (Lipinski definition) is 1. The molecular formula is C11H12Cl2N2O4S. The van der Waals surface area contributed by atoms with Crippen molar-refractivity contribution >= 4 is 43.1 Å². The van der Waals surface area contributed by atoms with E-state index >= 15 is 0 Å². The van der Waals surface area contributed by atoms with E-state index in [1.165, 1.54) is 18.2 Å². The Morgan fingerprint density at radius 3 is 2.50 bits per heavy atom. The Balaban J connectivity index is 2.10. The highest BCUT2D eigenvalue weighted by molar-refractivity contribution is 8.13. The first-order valence-corrected chi connectivity index (χ1v) is 8.44. The third-order valence-electron chi connectivity index (χ3n) is 2.74. The van der Waals surface area contributed by atoms with E-state index in [1.54, 1.807) is 4.90 Å². The van der Waals surface area contributed by atoms with Crippen molar-refractivity contribution < 1.29 is 17.9 Å². The molecule has 9 heteroatoms. The normalized spacial score (nSPS) is 16.0. The van der Waals surface area contributed by atoms with Crippen LogP contribution in [0.3, 0.4) is 0 Å². The van der Waals surface area contributed by atoms with Crippen LogP contribution < -0.4 is 5.32 Å². The summed E-state index contributed by atoms with van der Waals surface area (Å²) >= 11 is 5.83. The summed E-state index contributed by atoms with van der Waals surface area (Å²) < 4.78 is 27.6. The van der Waals surface area contributed by atoms with E-state index in [2.05, 4.69) is 5.32 Å². The number of benzene rings is 1. The summed E-state index contributed by atoms with van der Waals surface area (Å²) in [6.07, 6.45) is 0. The quantitative estimate of drug-likeness (QED) is 0.838. The van der Waals surface area contributed by atoms with Crippen LogP contribution in [0.2, 0.25) is 5.02 Å². The first-order chi connectivity index (χ1) is 9.38. The fourth-order valence-electron chi connectivity index (χ4n) is 1.75. The lowest BCUT2D eigenvalue weighted by atomic mass is 10.3. The highest BCUT2D eigenvalue weighted by atomic mass is 35.7. The topological polar surface area (TPSA) is 75.7 Å². The molecule has 20 heavy (non-hydrogen) atoms. The van der Waals surface area contributed by atoms with Crippen molar-refractivity contribution in [1.29, 1.82) is 0 Å². The largest absolute Gasteiger partial charge is 0.378 e. The number of carbonyl (C=O) groups excluding carboxylic acids is 1. The fourth-order valence-corrected chi connectivity index (χ4v) is 3.28. The number of hydrogen-bond acceptors (Lipinski definition) is 4. The van der Waals surface area contributed by atoms with Crippen LogP contribution in [0.1, 0.15) is 0 Å². The molecule has 0 spiro atoms. The van der Waals surface area contributed by atoms with Crippen molar-refractivity contribution in [3.05, 3.63) is 23.2 Å². The molecular weight excluding hydrogens is 327 g/mol. The van der Waals surface area contributed by atoms with Gasteiger partial charge < -0.3 is 15.0 Å². The van der Waals surface area contributed by atoms with Crippen LogP contribution in [0.4, 0.5) is 10.5 Å². The molecule has 1 aliphatic heterocycles. The molecule has 1 aromatic carbocycles. The molecule has 0 bridgehead atoms. The maximum absolute atomic E-state index is 11.9. The van der Waals surface area contributed by atoms with E-state index in [0.29, 0.717) is 32.0 Å². The van der Waals surface area contributed by atoms with Crippen molar-refractivity contribution in [1.82, 2.24) is 4.90 Å². The van der Waals surface area contributed by atoms with Crippen molar-refractivity contribution in [3.63, 3.8) is 0 Å². The Morgan fingerprint density at radius 2 is 1.95 bits per heavy atom. The highest BCUT2D eigenvalue weighted by Crippen LogP contribution is 2.27. The Labute approximate surface area is 126 Å². The first-order valence-electron chi connectivity index (χ1n) is 5.76. The zero-order chi connectivity index (χ0) is 14.8. The van der Waals surface area contributed by atoms with Crippen LogP contribution in [0, 0.1) is 0 Å². The minimum atomic E-state index is -3.90. The van der Waals surface area contributed by atoms with Gasteiger partial charge in [0.2, 0.25) is 0 Å². The summed E-state index contributed by atoms with van der Waals surface area (Å²) in [6.45, 7) is 2.01. The van der Waals surface area contributed by atoms with Gasteiger partial charge in [-0.25, -0.2) is 13.2 Å². The summed E-state index contributed by atoms with van der Waals surface area (Å²) in [7, 11) is 1.32. The van der Waals surface area contributed by atoms with E-state index < -0.39 is 9.05 Å². The van der Waals surface area contributed by atoms with Crippen molar-refractivity contribution in [2.24, 2.45) is 0 Å². The van der Waals surface area contributed by atoms with Crippen molar-refractivity contribution in [2.45, 2.75) is 4.90 Å². The standard InChI is InChI=1S/C11H12Cl2N2O4S/c12-9-7-8(1-2-10(9)20(13,17)18)14-11(16)15-3-5-19-6-4-15/h1-2,7H,3-6H2,(H,14,16). The first kappa shape index (κ1) is 15.4. The molecule has 0 aliphatic carbocycles. The Hall–Kier alpha value is -1.02. The minimum absolute atomic E-state index is 0.0419. The van der Waals surface area contributed by atoms with Crippen LogP contribution in [0.15, 0.2) is 23.1 Å². The number of carbonyl (C=O) groups is 1. The second-order valence-electron chi connectivity index (χ2n) is 4.11. The second kappa shape index (κ2) is 6.17. The molecule has 0 aromatic heterocycles. The molecule has 6 nitrogen and oxygen atoms in total. The Kier molecular flexibility index (Phi) is 4.74. The van der Waals surface area contributed by atoms with Gasteiger partial charge in [-0.2, -0.15) is 0 Å². The molecule has 0 unspecified atom stereocenters. The van der Waals surface area contributed by atoms with E-state index in [4.69, 9.17) is 27.0 Å². The number of anilines is 1. The molecule has 1 saturated heterocycles. The molecule has 1 heterocycles. The van der Waals surface area contributed by atoms with Crippen molar-refractivity contribution in [3.8, 4) is 0 Å². The Morgan fingerprint density at radius 1 is 1.30 bits per heavy atom. The van der Waals surface area contributed by atoms with Gasteiger partial charge >= 0.3 is 6.03 Å². The van der Waals surface area contributed by atoms with Gasteiger partial charge in [0.05, 0.1) is 18.2 Å². The summed E-state index contributed by atoms with van der Waals surface area (Å²) in [5, 5.41) is 2.60. The zero-order valence-corrected chi connectivity index (χ0v) is 12.6. The monoisotopic (exact) mass is 338 g/mol. The van der Waals surface area contributed by atoms with Crippen LogP contribution >= 0.6 is 22.3 Å². The van der Waals surface area contributed by atoms with Gasteiger partial charge in [0.25, 0.3) is 9.05 Å². The third kappa shape index (κ3) is 3.76. The van der Waals surface area contributed by atoms with E-state index in [1.807, 2.05) is 0 Å². The molecule has 1 aliphatic rings. The third-order valence-corrected chi connectivity index (χ3v) is 4.55. The molecule has 110 valence electrons. The molecule has 2 amide bonds. The predicted molar refractivity (Wildman–Crippen MR) is 75.9 cm³/mol. The van der Waals surface area contributed by atoms with Gasteiger partial charge in [0.15, 0.2) is 0 Å². The molecule has 1 fully saturated rings. The fraction of sp³-hybridized carbons (Fsp3) is 0.364. The number of amides is 2. The smallest absolute Gasteiger partial charge is 0.322 e. The molecule has 0 saturated carbocycles. The lowest BCUT2D eigenvalue weighted by Gasteiger charge is -2.26. The van der Waals surface area contributed by atoms with E-state index in [9.17, 15) is 13.2 Å². The Bertz CT molecular complexity index is 615. The van der Waals surface area contributed by atoms with Gasteiger partial charge in [0.1, 0.15) is 4.90 Å². The molecule has 1 N–H and O–H groups in total. The molecule has 0 radical (unpaired) electrons. The number of ether oxygens (including phenoxy) is 1.